The molecule has 122 valence electrons. The predicted molar refractivity (Wildman–Crippen MR) is 90.9 cm³/mol. The summed E-state index contributed by atoms with van der Waals surface area (Å²) >= 11 is 0. The molecule has 2 aromatic rings. The fourth-order valence-corrected chi connectivity index (χ4v) is 2.02. The average molecular weight is 313 g/mol. The Morgan fingerprint density at radius 3 is 2.30 bits per heavy atom. The number of ether oxygens (including phenoxy) is 2. The summed E-state index contributed by atoms with van der Waals surface area (Å²) in [5.41, 5.74) is 1.20. The van der Waals surface area contributed by atoms with E-state index in [0.717, 1.165) is 11.5 Å². The normalized spacial score (nSPS) is 10.1. The number of benzene rings is 2. The van der Waals surface area contributed by atoms with Gasteiger partial charge in [-0.15, -0.1) is 0 Å². The largest absolute Gasteiger partial charge is 0.494 e. The third-order valence-corrected chi connectivity index (χ3v) is 3.27. The van der Waals surface area contributed by atoms with Crippen LogP contribution < -0.4 is 14.8 Å². The lowest BCUT2D eigenvalue weighted by Crippen LogP contribution is -2.28. The van der Waals surface area contributed by atoms with Gasteiger partial charge in [-0.2, -0.15) is 0 Å². The highest BCUT2D eigenvalue weighted by Crippen LogP contribution is 2.11. The molecule has 0 saturated carbocycles. The Morgan fingerprint density at radius 2 is 1.57 bits per heavy atom. The second-order valence-corrected chi connectivity index (χ2v) is 5.28. The van der Waals surface area contributed by atoms with E-state index in [0.29, 0.717) is 32.6 Å². The van der Waals surface area contributed by atoms with E-state index >= 15 is 0 Å². The average Bonchev–Trinajstić information content (AvgIpc) is 2.58. The maximum atomic E-state index is 11.7. The van der Waals surface area contributed by atoms with Gasteiger partial charge in [0.25, 0.3) is 0 Å². The van der Waals surface area contributed by atoms with E-state index in [2.05, 4.69) is 5.32 Å². The van der Waals surface area contributed by atoms with Gasteiger partial charge in [0.15, 0.2) is 0 Å². The van der Waals surface area contributed by atoms with E-state index in [-0.39, 0.29) is 5.91 Å². The quantitative estimate of drug-likeness (QED) is 0.722. The molecular weight excluding hydrogens is 290 g/mol. The molecule has 1 N–H and O–H groups in total. The number of amides is 1. The third-order valence-electron chi connectivity index (χ3n) is 3.27. The molecule has 1 amide bonds. The minimum Gasteiger partial charge on any atom is -0.494 e. The first kappa shape index (κ1) is 16.9. The SMILES string of the molecule is Cc1ccc(OCCNC(=O)CCCOc2ccccc2)cc1. The maximum absolute atomic E-state index is 11.7. The van der Waals surface area contributed by atoms with Gasteiger partial charge in [-0.3, -0.25) is 4.79 Å². The van der Waals surface area contributed by atoms with Crippen molar-refractivity contribution < 1.29 is 14.3 Å². The summed E-state index contributed by atoms with van der Waals surface area (Å²) in [5.74, 6) is 1.68. The Kier molecular flexibility index (Phi) is 6.98. The summed E-state index contributed by atoms with van der Waals surface area (Å²) in [6, 6.07) is 17.5. The molecule has 0 heterocycles. The molecule has 2 rings (SSSR count). The molecule has 0 atom stereocenters. The number of aryl methyl sites for hydroxylation is 1. The number of hydrogen-bond donors (Lipinski definition) is 1. The summed E-state index contributed by atoms with van der Waals surface area (Å²) in [5, 5.41) is 2.84. The first-order valence-corrected chi connectivity index (χ1v) is 7.88. The van der Waals surface area contributed by atoms with Crippen molar-refractivity contribution in [2.24, 2.45) is 0 Å². The number of carbonyl (C=O) groups excluding carboxylic acids is 1. The summed E-state index contributed by atoms with van der Waals surface area (Å²) in [7, 11) is 0. The van der Waals surface area contributed by atoms with Crippen LogP contribution in [0.4, 0.5) is 0 Å². The van der Waals surface area contributed by atoms with Gasteiger partial charge in [-0.25, -0.2) is 0 Å². The van der Waals surface area contributed by atoms with Crippen molar-refractivity contribution >= 4 is 5.91 Å². The molecule has 0 unspecified atom stereocenters. The van der Waals surface area contributed by atoms with E-state index in [9.17, 15) is 4.79 Å². The lowest BCUT2D eigenvalue weighted by Gasteiger charge is -2.08. The van der Waals surface area contributed by atoms with Crippen LogP contribution in [0.1, 0.15) is 18.4 Å². The van der Waals surface area contributed by atoms with Crippen molar-refractivity contribution in [1.29, 1.82) is 0 Å². The number of hydrogen-bond acceptors (Lipinski definition) is 3. The predicted octanol–water partition coefficient (Wildman–Crippen LogP) is 3.35. The third kappa shape index (κ3) is 6.87. The van der Waals surface area contributed by atoms with Crippen LogP contribution in [-0.4, -0.2) is 25.7 Å². The first-order chi connectivity index (χ1) is 11.2. The van der Waals surface area contributed by atoms with Gasteiger partial charge in [0.1, 0.15) is 18.1 Å². The molecule has 0 spiro atoms. The zero-order chi connectivity index (χ0) is 16.3. The molecular formula is C19H23NO3. The van der Waals surface area contributed by atoms with Gasteiger partial charge in [0, 0.05) is 6.42 Å². The lowest BCUT2D eigenvalue weighted by atomic mass is 10.2. The van der Waals surface area contributed by atoms with Crippen LogP contribution in [0.5, 0.6) is 11.5 Å². The molecule has 0 aliphatic carbocycles. The topological polar surface area (TPSA) is 47.6 Å². The highest BCUT2D eigenvalue weighted by molar-refractivity contribution is 5.75. The second kappa shape index (κ2) is 9.51. The van der Waals surface area contributed by atoms with Gasteiger partial charge < -0.3 is 14.8 Å². The van der Waals surface area contributed by atoms with Gasteiger partial charge >= 0.3 is 0 Å². The molecule has 0 saturated heterocycles. The summed E-state index contributed by atoms with van der Waals surface area (Å²) < 4.78 is 11.1. The smallest absolute Gasteiger partial charge is 0.220 e. The monoisotopic (exact) mass is 313 g/mol. The van der Waals surface area contributed by atoms with E-state index in [1.807, 2.05) is 61.5 Å². The molecule has 0 aliphatic heterocycles. The first-order valence-electron chi connectivity index (χ1n) is 7.88. The maximum Gasteiger partial charge on any atom is 0.220 e. The van der Waals surface area contributed by atoms with Crippen molar-refractivity contribution in [3.8, 4) is 11.5 Å². The van der Waals surface area contributed by atoms with Crippen molar-refractivity contribution in [3.63, 3.8) is 0 Å². The molecule has 0 radical (unpaired) electrons. The Hall–Kier alpha value is -2.49. The number of nitrogens with one attached hydrogen (secondary N) is 1. The summed E-state index contributed by atoms with van der Waals surface area (Å²) in [4.78, 5) is 11.7. The fraction of sp³-hybridized carbons (Fsp3) is 0.316. The van der Waals surface area contributed by atoms with Crippen molar-refractivity contribution in [2.75, 3.05) is 19.8 Å². The van der Waals surface area contributed by atoms with Crippen molar-refractivity contribution in [3.05, 3.63) is 60.2 Å². The molecule has 2 aromatic carbocycles. The van der Waals surface area contributed by atoms with Gasteiger partial charge in [0.2, 0.25) is 5.91 Å². The zero-order valence-corrected chi connectivity index (χ0v) is 13.5. The minimum atomic E-state index is 0.0224. The minimum absolute atomic E-state index is 0.0224. The van der Waals surface area contributed by atoms with E-state index in [1.165, 1.54) is 5.56 Å². The Bertz CT molecular complexity index is 581. The molecule has 0 bridgehead atoms. The molecule has 0 fully saturated rings. The number of rotatable bonds is 9. The van der Waals surface area contributed by atoms with Crippen LogP contribution in [-0.2, 0) is 4.79 Å². The molecule has 4 nitrogen and oxygen atoms in total. The molecule has 23 heavy (non-hydrogen) atoms. The van der Waals surface area contributed by atoms with E-state index < -0.39 is 0 Å². The van der Waals surface area contributed by atoms with Gasteiger partial charge in [-0.1, -0.05) is 35.9 Å². The van der Waals surface area contributed by atoms with Crippen LogP contribution in [0, 0.1) is 6.92 Å². The lowest BCUT2D eigenvalue weighted by molar-refractivity contribution is -0.121. The number of carbonyl (C=O) groups is 1. The van der Waals surface area contributed by atoms with E-state index in [1.54, 1.807) is 0 Å². The fourth-order valence-electron chi connectivity index (χ4n) is 2.02. The van der Waals surface area contributed by atoms with Crippen molar-refractivity contribution in [1.82, 2.24) is 5.32 Å². The Labute approximate surface area is 137 Å². The van der Waals surface area contributed by atoms with Crippen LogP contribution in [0.25, 0.3) is 0 Å². The zero-order valence-electron chi connectivity index (χ0n) is 13.5. The Morgan fingerprint density at radius 1 is 0.913 bits per heavy atom. The summed E-state index contributed by atoms with van der Waals surface area (Å²) in [6.45, 7) is 3.55. The van der Waals surface area contributed by atoms with Gasteiger partial charge in [0.05, 0.1) is 13.2 Å². The molecule has 4 heteroatoms. The van der Waals surface area contributed by atoms with Crippen LogP contribution in [0.15, 0.2) is 54.6 Å². The highest BCUT2D eigenvalue weighted by Gasteiger charge is 2.01. The van der Waals surface area contributed by atoms with E-state index in [4.69, 9.17) is 9.47 Å². The Balaban J connectivity index is 1.51. The van der Waals surface area contributed by atoms with Crippen molar-refractivity contribution in [2.45, 2.75) is 19.8 Å². The second-order valence-electron chi connectivity index (χ2n) is 5.28. The van der Waals surface area contributed by atoms with Gasteiger partial charge in [-0.05, 0) is 37.6 Å². The molecule has 0 aliphatic rings. The molecule has 0 aromatic heterocycles. The number of para-hydroxylation sites is 1. The standard InChI is InChI=1S/C19H23NO3/c1-16-9-11-18(12-10-16)23-15-13-20-19(21)8-5-14-22-17-6-3-2-4-7-17/h2-4,6-7,9-12H,5,8,13-15H2,1H3,(H,20,21). The van der Waals surface area contributed by atoms with Crippen LogP contribution in [0.3, 0.4) is 0 Å². The highest BCUT2D eigenvalue weighted by atomic mass is 16.5. The summed E-state index contributed by atoms with van der Waals surface area (Å²) in [6.07, 6.45) is 1.15. The van der Waals surface area contributed by atoms with Crippen LogP contribution in [0.2, 0.25) is 0 Å². The van der Waals surface area contributed by atoms with Crippen LogP contribution >= 0.6 is 0 Å².